The summed E-state index contributed by atoms with van der Waals surface area (Å²) in [6.45, 7) is 2.81. The molecule has 1 aliphatic heterocycles. The molecular weight excluding hydrogens is 314 g/mol. The highest BCUT2D eigenvalue weighted by Crippen LogP contribution is 2.33. The van der Waals surface area contributed by atoms with Crippen LogP contribution in [0.25, 0.3) is 11.3 Å². The number of H-pyrrole nitrogens is 1. The SMILES string of the molecule is Cc1ccccc1-c1cc(C(=O)N2CCC[C@@H]2c2cnn(C)c2)[nH]n1. The molecular formula is C19H21N5O. The molecule has 1 atom stereocenters. The molecule has 4 rings (SSSR count). The molecule has 0 radical (unpaired) electrons. The molecule has 6 heteroatoms. The lowest BCUT2D eigenvalue weighted by molar-refractivity contribution is 0.0729. The van der Waals surface area contributed by atoms with Gasteiger partial charge in [0.2, 0.25) is 0 Å². The highest BCUT2D eigenvalue weighted by Gasteiger charge is 2.32. The van der Waals surface area contributed by atoms with Crippen molar-refractivity contribution >= 4 is 5.91 Å². The Labute approximate surface area is 146 Å². The lowest BCUT2D eigenvalue weighted by Gasteiger charge is -2.23. The van der Waals surface area contributed by atoms with Crippen molar-refractivity contribution in [2.24, 2.45) is 7.05 Å². The molecule has 0 bridgehead atoms. The molecule has 0 unspecified atom stereocenters. The molecule has 1 aromatic carbocycles. The predicted octanol–water partition coefficient (Wildman–Crippen LogP) is 3.10. The Morgan fingerprint density at radius 3 is 2.92 bits per heavy atom. The molecule has 1 N–H and O–H groups in total. The molecule has 1 amide bonds. The number of nitrogens with one attached hydrogen (secondary N) is 1. The Bertz CT molecular complexity index is 910. The molecule has 6 nitrogen and oxygen atoms in total. The van der Waals surface area contributed by atoms with Gasteiger partial charge in [-0.1, -0.05) is 24.3 Å². The van der Waals surface area contributed by atoms with Crippen molar-refractivity contribution < 1.29 is 4.79 Å². The summed E-state index contributed by atoms with van der Waals surface area (Å²) >= 11 is 0. The fraction of sp³-hybridized carbons (Fsp3) is 0.316. The summed E-state index contributed by atoms with van der Waals surface area (Å²) in [7, 11) is 1.90. The van der Waals surface area contributed by atoms with Gasteiger partial charge in [0.25, 0.3) is 5.91 Å². The number of benzene rings is 1. The van der Waals surface area contributed by atoms with Crippen molar-refractivity contribution in [1.29, 1.82) is 0 Å². The van der Waals surface area contributed by atoms with E-state index in [2.05, 4.69) is 15.3 Å². The summed E-state index contributed by atoms with van der Waals surface area (Å²) in [4.78, 5) is 14.9. The first-order valence-electron chi connectivity index (χ1n) is 8.54. The largest absolute Gasteiger partial charge is 0.330 e. The zero-order valence-corrected chi connectivity index (χ0v) is 14.4. The lowest BCUT2D eigenvalue weighted by Crippen LogP contribution is -2.30. The minimum Gasteiger partial charge on any atom is -0.330 e. The van der Waals surface area contributed by atoms with Crippen LogP contribution in [0.5, 0.6) is 0 Å². The van der Waals surface area contributed by atoms with Crippen molar-refractivity contribution in [3.8, 4) is 11.3 Å². The molecule has 1 saturated heterocycles. The van der Waals surface area contributed by atoms with Gasteiger partial charge in [-0.3, -0.25) is 14.6 Å². The smallest absolute Gasteiger partial charge is 0.272 e. The lowest BCUT2D eigenvalue weighted by atomic mass is 10.1. The van der Waals surface area contributed by atoms with Crippen molar-refractivity contribution in [1.82, 2.24) is 24.9 Å². The topological polar surface area (TPSA) is 66.8 Å². The van der Waals surface area contributed by atoms with Gasteiger partial charge >= 0.3 is 0 Å². The van der Waals surface area contributed by atoms with Gasteiger partial charge in [0.05, 0.1) is 17.9 Å². The minimum absolute atomic E-state index is 0.00122. The average Bonchev–Trinajstić information content (AvgIpc) is 3.34. The second kappa shape index (κ2) is 6.20. The number of aryl methyl sites for hydroxylation is 2. The van der Waals surface area contributed by atoms with E-state index in [0.29, 0.717) is 5.69 Å². The number of nitrogens with zero attached hydrogens (tertiary/aromatic N) is 4. The Morgan fingerprint density at radius 1 is 1.32 bits per heavy atom. The number of likely N-dealkylation sites (tertiary alicyclic amines) is 1. The fourth-order valence-electron chi connectivity index (χ4n) is 3.55. The Balaban J connectivity index is 1.60. The van der Waals surface area contributed by atoms with Crippen molar-refractivity contribution in [3.63, 3.8) is 0 Å². The zero-order chi connectivity index (χ0) is 17.4. The first-order chi connectivity index (χ1) is 12.1. The zero-order valence-electron chi connectivity index (χ0n) is 14.4. The highest BCUT2D eigenvalue weighted by molar-refractivity contribution is 5.94. The number of hydrogen-bond acceptors (Lipinski definition) is 3. The standard InChI is InChI=1S/C19H21N5O/c1-13-6-3-4-7-15(13)16-10-17(22-21-16)19(25)24-9-5-8-18(24)14-11-20-23(2)12-14/h3-4,6-7,10-12,18H,5,8-9H2,1-2H3,(H,21,22)/t18-/m1/s1. The summed E-state index contributed by atoms with van der Waals surface area (Å²) in [5.41, 5.74) is 4.62. The summed E-state index contributed by atoms with van der Waals surface area (Å²) in [6, 6.07) is 9.99. The number of carbonyl (C=O) groups excluding carboxylic acids is 1. The second-order valence-electron chi connectivity index (χ2n) is 6.59. The molecule has 2 aromatic heterocycles. The van der Waals surface area contributed by atoms with E-state index in [4.69, 9.17) is 0 Å². The van der Waals surface area contributed by atoms with E-state index in [1.807, 2.05) is 61.6 Å². The van der Waals surface area contributed by atoms with Gasteiger partial charge in [0, 0.05) is 30.9 Å². The third kappa shape index (κ3) is 2.84. The van der Waals surface area contributed by atoms with Crippen LogP contribution in [-0.4, -0.2) is 37.3 Å². The van der Waals surface area contributed by atoms with Gasteiger partial charge in [-0.2, -0.15) is 10.2 Å². The summed E-state index contributed by atoms with van der Waals surface area (Å²) in [5, 5.41) is 11.5. The Morgan fingerprint density at radius 2 is 2.16 bits per heavy atom. The van der Waals surface area contributed by atoms with Gasteiger partial charge in [0.1, 0.15) is 5.69 Å². The molecule has 0 saturated carbocycles. The molecule has 1 fully saturated rings. The van der Waals surface area contributed by atoms with Crippen LogP contribution in [0.1, 0.15) is 40.5 Å². The molecule has 128 valence electrons. The summed E-state index contributed by atoms with van der Waals surface area (Å²) in [5.74, 6) is -0.00122. The molecule has 3 heterocycles. The predicted molar refractivity (Wildman–Crippen MR) is 95.0 cm³/mol. The van der Waals surface area contributed by atoms with Crippen LogP contribution in [0.2, 0.25) is 0 Å². The van der Waals surface area contributed by atoms with Crippen LogP contribution < -0.4 is 0 Å². The monoisotopic (exact) mass is 335 g/mol. The maximum atomic E-state index is 13.0. The molecule has 3 aromatic rings. The van der Waals surface area contributed by atoms with Crippen LogP contribution in [0, 0.1) is 6.92 Å². The number of aromatic amines is 1. The number of carbonyl (C=O) groups is 1. The molecule has 0 aliphatic carbocycles. The van der Waals surface area contributed by atoms with E-state index in [1.165, 1.54) is 0 Å². The maximum absolute atomic E-state index is 13.0. The van der Waals surface area contributed by atoms with Gasteiger partial charge < -0.3 is 4.90 Å². The van der Waals surface area contributed by atoms with E-state index < -0.39 is 0 Å². The third-order valence-electron chi connectivity index (χ3n) is 4.85. The van der Waals surface area contributed by atoms with Gasteiger partial charge in [-0.25, -0.2) is 0 Å². The Kier molecular flexibility index (Phi) is 3.87. The van der Waals surface area contributed by atoms with Crippen molar-refractivity contribution in [2.45, 2.75) is 25.8 Å². The third-order valence-corrected chi connectivity index (χ3v) is 4.85. The van der Waals surface area contributed by atoms with Crippen LogP contribution >= 0.6 is 0 Å². The summed E-state index contributed by atoms with van der Waals surface area (Å²) in [6.07, 6.45) is 5.81. The summed E-state index contributed by atoms with van der Waals surface area (Å²) < 4.78 is 1.78. The number of rotatable bonds is 3. The van der Waals surface area contributed by atoms with E-state index in [-0.39, 0.29) is 11.9 Å². The molecule has 25 heavy (non-hydrogen) atoms. The normalized spacial score (nSPS) is 17.2. The molecule has 1 aliphatic rings. The van der Waals surface area contributed by atoms with Crippen LogP contribution in [-0.2, 0) is 7.05 Å². The number of amides is 1. The van der Waals surface area contributed by atoms with E-state index in [1.54, 1.807) is 4.68 Å². The van der Waals surface area contributed by atoms with Gasteiger partial charge in [-0.15, -0.1) is 0 Å². The number of hydrogen-bond donors (Lipinski definition) is 1. The quantitative estimate of drug-likeness (QED) is 0.800. The first-order valence-corrected chi connectivity index (χ1v) is 8.54. The van der Waals surface area contributed by atoms with Crippen LogP contribution in [0.15, 0.2) is 42.7 Å². The Hall–Kier alpha value is -2.89. The first kappa shape index (κ1) is 15.6. The number of aromatic nitrogens is 4. The minimum atomic E-state index is -0.00122. The average molecular weight is 335 g/mol. The van der Waals surface area contributed by atoms with E-state index in [0.717, 1.165) is 41.8 Å². The van der Waals surface area contributed by atoms with Crippen molar-refractivity contribution in [3.05, 3.63) is 59.5 Å². The molecule has 0 spiro atoms. The van der Waals surface area contributed by atoms with E-state index >= 15 is 0 Å². The van der Waals surface area contributed by atoms with Crippen molar-refractivity contribution in [2.75, 3.05) is 6.54 Å². The van der Waals surface area contributed by atoms with E-state index in [9.17, 15) is 4.79 Å². The van der Waals surface area contributed by atoms with Gasteiger partial charge in [0.15, 0.2) is 0 Å². The fourth-order valence-corrected chi connectivity index (χ4v) is 3.55. The second-order valence-corrected chi connectivity index (χ2v) is 6.59. The van der Waals surface area contributed by atoms with Crippen LogP contribution in [0.3, 0.4) is 0 Å². The highest BCUT2D eigenvalue weighted by atomic mass is 16.2. The maximum Gasteiger partial charge on any atom is 0.272 e. The van der Waals surface area contributed by atoms with Crippen LogP contribution in [0.4, 0.5) is 0 Å². The van der Waals surface area contributed by atoms with Gasteiger partial charge in [-0.05, 0) is 31.4 Å².